The van der Waals surface area contributed by atoms with E-state index in [1.807, 2.05) is 17.9 Å². The number of carbonyl (C=O) groups is 3. The van der Waals surface area contributed by atoms with Crippen molar-refractivity contribution in [3.8, 4) is 5.75 Å². The van der Waals surface area contributed by atoms with Crippen LogP contribution in [0.4, 0.5) is 21.9 Å². The van der Waals surface area contributed by atoms with Crippen LogP contribution in [0.5, 0.6) is 5.75 Å². The highest BCUT2D eigenvalue weighted by molar-refractivity contribution is 6.15. The Balaban J connectivity index is 1.44. The van der Waals surface area contributed by atoms with E-state index in [4.69, 9.17) is 4.74 Å². The van der Waals surface area contributed by atoms with Crippen molar-refractivity contribution < 1.29 is 19.1 Å². The van der Waals surface area contributed by atoms with Gasteiger partial charge in [-0.05, 0) is 56.3 Å². The Labute approximate surface area is 206 Å². The number of piperazine rings is 1. The van der Waals surface area contributed by atoms with E-state index >= 15 is 0 Å². The Morgan fingerprint density at radius 3 is 2.29 bits per heavy atom. The molecule has 2 aromatic carbocycles. The van der Waals surface area contributed by atoms with E-state index in [1.165, 1.54) is 9.80 Å². The van der Waals surface area contributed by atoms with Crippen molar-refractivity contribution >= 4 is 34.9 Å². The number of para-hydroxylation sites is 2. The van der Waals surface area contributed by atoms with Gasteiger partial charge in [-0.15, -0.1) is 0 Å². The molecule has 186 valence electrons. The standard InChI is InChI=1S/C26H33N5O4/c1-3-13-28-14-16-29(17-15-28)24(32)18-30-22-7-5-6-8-23(22)31(19-25(30)33)26(34)27-20-9-11-21(12-10-20)35-4-2/h5-12H,3-4,13-19H2,1-2H3,(H,27,34). The average molecular weight is 480 g/mol. The molecule has 1 fully saturated rings. The van der Waals surface area contributed by atoms with Crippen molar-refractivity contribution in [2.24, 2.45) is 0 Å². The molecule has 2 heterocycles. The fraction of sp³-hybridized carbons (Fsp3) is 0.423. The van der Waals surface area contributed by atoms with Crippen LogP contribution in [0.2, 0.25) is 0 Å². The molecule has 0 unspecified atom stereocenters. The molecule has 9 heteroatoms. The van der Waals surface area contributed by atoms with Crippen LogP contribution in [-0.4, -0.2) is 80.1 Å². The molecule has 4 amide bonds. The van der Waals surface area contributed by atoms with Crippen LogP contribution in [0, 0.1) is 0 Å². The lowest BCUT2D eigenvalue weighted by Gasteiger charge is -2.38. The summed E-state index contributed by atoms with van der Waals surface area (Å²) < 4.78 is 5.44. The summed E-state index contributed by atoms with van der Waals surface area (Å²) >= 11 is 0. The Morgan fingerprint density at radius 2 is 1.63 bits per heavy atom. The van der Waals surface area contributed by atoms with Crippen LogP contribution >= 0.6 is 0 Å². The minimum absolute atomic E-state index is 0.0298. The van der Waals surface area contributed by atoms with Crippen molar-refractivity contribution in [2.75, 3.05) is 67.5 Å². The van der Waals surface area contributed by atoms with E-state index in [2.05, 4.69) is 17.1 Å². The lowest BCUT2D eigenvalue weighted by Crippen LogP contribution is -2.55. The van der Waals surface area contributed by atoms with Crippen molar-refractivity contribution in [1.82, 2.24) is 9.80 Å². The second-order valence-electron chi connectivity index (χ2n) is 8.66. The molecule has 0 aromatic heterocycles. The zero-order valence-electron chi connectivity index (χ0n) is 20.4. The summed E-state index contributed by atoms with van der Waals surface area (Å²) in [5.41, 5.74) is 1.75. The first-order chi connectivity index (χ1) is 17.0. The van der Waals surface area contributed by atoms with E-state index in [1.54, 1.807) is 42.5 Å². The molecule has 35 heavy (non-hydrogen) atoms. The van der Waals surface area contributed by atoms with Gasteiger partial charge in [-0.1, -0.05) is 19.1 Å². The van der Waals surface area contributed by atoms with Gasteiger partial charge in [-0.2, -0.15) is 0 Å². The predicted molar refractivity (Wildman–Crippen MR) is 136 cm³/mol. The maximum atomic E-state index is 13.1. The van der Waals surface area contributed by atoms with Crippen molar-refractivity contribution in [1.29, 1.82) is 0 Å². The van der Waals surface area contributed by atoms with Gasteiger partial charge >= 0.3 is 6.03 Å². The number of rotatable bonds is 7. The molecule has 1 N–H and O–H groups in total. The minimum atomic E-state index is -0.409. The molecule has 0 saturated carbocycles. The number of ether oxygens (including phenoxy) is 1. The van der Waals surface area contributed by atoms with Crippen LogP contribution < -0.4 is 19.9 Å². The highest BCUT2D eigenvalue weighted by Crippen LogP contribution is 2.34. The molecule has 9 nitrogen and oxygen atoms in total. The summed E-state index contributed by atoms with van der Waals surface area (Å²) in [6.45, 7) is 8.52. The van der Waals surface area contributed by atoms with Crippen LogP contribution in [0.3, 0.4) is 0 Å². The summed E-state index contributed by atoms with van der Waals surface area (Å²) in [6.07, 6.45) is 1.09. The lowest BCUT2D eigenvalue weighted by molar-refractivity contribution is -0.132. The molecular weight excluding hydrogens is 446 g/mol. The third-order valence-corrected chi connectivity index (χ3v) is 6.28. The van der Waals surface area contributed by atoms with E-state index in [-0.39, 0.29) is 24.9 Å². The van der Waals surface area contributed by atoms with Gasteiger partial charge in [0.1, 0.15) is 18.8 Å². The molecule has 0 bridgehead atoms. The molecular formula is C26H33N5O4. The van der Waals surface area contributed by atoms with Gasteiger partial charge in [0.05, 0.1) is 18.0 Å². The maximum absolute atomic E-state index is 13.1. The topological polar surface area (TPSA) is 85.4 Å². The molecule has 0 radical (unpaired) electrons. The summed E-state index contributed by atoms with van der Waals surface area (Å²) in [7, 11) is 0. The quantitative estimate of drug-likeness (QED) is 0.660. The number of nitrogens with one attached hydrogen (secondary N) is 1. The number of amides is 4. The number of hydrogen-bond acceptors (Lipinski definition) is 5. The largest absolute Gasteiger partial charge is 0.494 e. The van der Waals surface area contributed by atoms with Crippen LogP contribution in [-0.2, 0) is 9.59 Å². The molecule has 2 aromatic rings. The minimum Gasteiger partial charge on any atom is -0.494 e. The SMILES string of the molecule is CCCN1CCN(C(=O)CN2C(=O)CN(C(=O)Nc3ccc(OCC)cc3)c3ccccc32)CC1. The number of benzene rings is 2. The molecule has 0 atom stereocenters. The third-order valence-electron chi connectivity index (χ3n) is 6.28. The zero-order valence-corrected chi connectivity index (χ0v) is 20.4. The van der Waals surface area contributed by atoms with Crippen LogP contribution in [0.15, 0.2) is 48.5 Å². The first kappa shape index (κ1) is 24.5. The fourth-order valence-corrected chi connectivity index (χ4v) is 4.48. The monoisotopic (exact) mass is 479 g/mol. The molecule has 0 aliphatic carbocycles. The number of nitrogens with zero attached hydrogens (tertiary/aromatic N) is 4. The Kier molecular flexibility index (Phi) is 7.87. The number of fused-ring (bicyclic) bond motifs is 1. The Morgan fingerprint density at radius 1 is 0.943 bits per heavy atom. The highest BCUT2D eigenvalue weighted by atomic mass is 16.5. The normalized spacial score (nSPS) is 16.2. The summed E-state index contributed by atoms with van der Waals surface area (Å²) in [6, 6.07) is 13.9. The van der Waals surface area contributed by atoms with Gasteiger partial charge in [0, 0.05) is 31.9 Å². The van der Waals surface area contributed by atoms with Gasteiger partial charge in [0.15, 0.2) is 0 Å². The number of urea groups is 1. The summed E-state index contributed by atoms with van der Waals surface area (Å²) in [4.78, 5) is 46.3. The molecule has 2 aliphatic rings. The van der Waals surface area contributed by atoms with Gasteiger partial charge in [0.25, 0.3) is 0 Å². The van der Waals surface area contributed by atoms with E-state index < -0.39 is 6.03 Å². The molecule has 0 spiro atoms. The number of carbonyl (C=O) groups excluding carboxylic acids is 3. The zero-order chi connectivity index (χ0) is 24.8. The van der Waals surface area contributed by atoms with E-state index in [0.717, 1.165) is 31.8 Å². The number of hydrogen-bond donors (Lipinski definition) is 1. The predicted octanol–water partition coefficient (Wildman–Crippen LogP) is 3.02. The third kappa shape index (κ3) is 5.74. The fourth-order valence-electron chi connectivity index (χ4n) is 4.48. The van der Waals surface area contributed by atoms with E-state index in [9.17, 15) is 14.4 Å². The van der Waals surface area contributed by atoms with Crippen molar-refractivity contribution in [3.63, 3.8) is 0 Å². The van der Waals surface area contributed by atoms with Crippen LogP contribution in [0.1, 0.15) is 20.3 Å². The molecule has 2 aliphatic heterocycles. The van der Waals surface area contributed by atoms with Gasteiger partial charge in [-0.25, -0.2) is 4.79 Å². The first-order valence-electron chi connectivity index (χ1n) is 12.2. The summed E-state index contributed by atoms with van der Waals surface area (Å²) in [5.74, 6) is 0.358. The molecule has 4 rings (SSSR count). The Hall–Kier alpha value is -3.59. The number of anilines is 3. The van der Waals surface area contributed by atoms with Gasteiger partial charge in [-0.3, -0.25) is 24.3 Å². The average Bonchev–Trinajstić information content (AvgIpc) is 2.87. The van der Waals surface area contributed by atoms with Crippen molar-refractivity contribution in [2.45, 2.75) is 20.3 Å². The first-order valence-corrected chi connectivity index (χ1v) is 12.2. The smallest absolute Gasteiger partial charge is 0.326 e. The van der Waals surface area contributed by atoms with Crippen LogP contribution in [0.25, 0.3) is 0 Å². The maximum Gasteiger partial charge on any atom is 0.326 e. The Bertz CT molecular complexity index is 1050. The summed E-state index contributed by atoms with van der Waals surface area (Å²) in [5, 5.41) is 2.85. The van der Waals surface area contributed by atoms with Gasteiger partial charge < -0.3 is 15.0 Å². The lowest BCUT2D eigenvalue weighted by atomic mass is 10.1. The highest BCUT2D eigenvalue weighted by Gasteiger charge is 2.34. The second kappa shape index (κ2) is 11.2. The molecule has 1 saturated heterocycles. The second-order valence-corrected chi connectivity index (χ2v) is 8.66. The van der Waals surface area contributed by atoms with E-state index in [0.29, 0.717) is 36.8 Å². The van der Waals surface area contributed by atoms with Gasteiger partial charge in [0.2, 0.25) is 11.8 Å². The van der Waals surface area contributed by atoms with Crippen molar-refractivity contribution in [3.05, 3.63) is 48.5 Å².